The molecule has 4 nitrogen and oxygen atoms in total. The molecule has 0 radical (unpaired) electrons. The zero-order valence-corrected chi connectivity index (χ0v) is 12.6. The van der Waals surface area contributed by atoms with Gasteiger partial charge in [0.15, 0.2) is 0 Å². The number of hydrogen-bond donors (Lipinski definition) is 0. The van der Waals surface area contributed by atoms with Crippen LogP contribution in [-0.4, -0.2) is 11.9 Å². The topological polar surface area (TPSA) is 80.3 Å². The molecular weight excluding hydrogens is 206 g/mol. The fourth-order valence-corrected chi connectivity index (χ4v) is 1.70. The maximum Gasteiger partial charge on any atom is 1.00 e. The molecule has 1 rings (SSSR count). The first-order chi connectivity index (χ1) is 5.63. The molecule has 0 aromatic carbocycles. The molecule has 0 amide bonds. The Labute approximate surface area is 127 Å². The number of carbonyl (C=O) groups is 2. The zero-order valence-electron chi connectivity index (χ0n) is 8.62. The first-order valence-electron chi connectivity index (χ1n) is 4.04. The minimum Gasteiger partial charge on any atom is -0.550 e. The second-order valence-electron chi connectivity index (χ2n) is 3.14. The molecule has 1 fully saturated rings. The molecule has 0 N–H and O–H groups in total. The van der Waals surface area contributed by atoms with E-state index in [0.717, 1.165) is 12.8 Å². The van der Waals surface area contributed by atoms with Gasteiger partial charge in [-0.25, -0.2) is 0 Å². The maximum atomic E-state index is 10.5. The third kappa shape index (κ3) is 4.64. The van der Waals surface area contributed by atoms with Gasteiger partial charge in [-0.3, -0.25) is 0 Å². The van der Waals surface area contributed by atoms with Crippen LogP contribution in [0.25, 0.3) is 0 Å². The van der Waals surface area contributed by atoms with E-state index in [-0.39, 0.29) is 59.1 Å². The van der Waals surface area contributed by atoms with Crippen molar-refractivity contribution in [3.8, 4) is 0 Å². The summed E-state index contributed by atoms with van der Waals surface area (Å²) in [6, 6.07) is 0. The van der Waals surface area contributed by atoms with Gasteiger partial charge in [0.1, 0.15) is 0 Å². The van der Waals surface area contributed by atoms with Crippen LogP contribution in [0.2, 0.25) is 0 Å². The van der Waals surface area contributed by atoms with Gasteiger partial charge in [-0.2, -0.15) is 0 Å². The number of aliphatic carboxylic acids is 2. The van der Waals surface area contributed by atoms with Crippen molar-refractivity contribution >= 4 is 11.9 Å². The van der Waals surface area contributed by atoms with Gasteiger partial charge in [0, 0.05) is 23.8 Å². The minimum absolute atomic E-state index is 0. The van der Waals surface area contributed by atoms with Crippen molar-refractivity contribution in [1.82, 2.24) is 0 Å². The first kappa shape index (κ1) is 17.3. The number of rotatable bonds is 2. The Bertz CT molecular complexity index is 186. The fourth-order valence-electron chi connectivity index (χ4n) is 1.70. The summed E-state index contributed by atoms with van der Waals surface area (Å²) >= 11 is 0. The van der Waals surface area contributed by atoms with Gasteiger partial charge in [0.25, 0.3) is 0 Å². The second-order valence-corrected chi connectivity index (χ2v) is 3.14. The van der Waals surface area contributed by atoms with E-state index < -0.39 is 23.8 Å². The summed E-state index contributed by atoms with van der Waals surface area (Å²) in [5, 5.41) is 20.9. The molecule has 6 heteroatoms. The van der Waals surface area contributed by atoms with Crippen LogP contribution in [0.1, 0.15) is 25.7 Å². The van der Waals surface area contributed by atoms with Crippen LogP contribution in [0.4, 0.5) is 0 Å². The molecule has 0 aromatic rings. The Balaban J connectivity index is 0. The molecule has 0 bridgehead atoms. The molecule has 0 saturated heterocycles. The van der Waals surface area contributed by atoms with E-state index in [9.17, 15) is 19.8 Å². The summed E-state index contributed by atoms with van der Waals surface area (Å²) in [4.78, 5) is 20.9. The average molecular weight is 216 g/mol. The van der Waals surface area contributed by atoms with Crippen LogP contribution in [0, 0.1) is 11.8 Å². The third-order valence-electron chi connectivity index (χ3n) is 2.37. The van der Waals surface area contributed by atoms with Crippen LogP contribution in [0.5, 0.6) is 0 Å². The fraction of sp³-hybridized carbons (Fsp3) is 0.750. The predicted octanol–water partition coefficient (Wildman–Crippen LogP) is -7.70. The van der Waals surface area contributed by atoms with E-state index in [1.165, 1.54) is 0 Å². The van der Waals surface area contributed by atoms with Gasteiger partial charge in [-0.15, -0.1) is 0 Å². The molecule has 14 heavy (non-hydrogen) atoms. The summed E-state index contributed by atoms with van der Waals surface area (Å²) in [7, 11) is 0. The Morgan fingerprint density at radius 2 is 1.14 bits per heavy atom. The van der Waals surface area contributed by atoms with Crippen molar-refractivity contribution in [2.75, 3.05) is 0 Å². The van der Waals surface area contributed by atoms with Gasteiger partial charge in [0.2, 0.25) is 0 Å². The van der Waals surface area contributed by atoms with Gasteiger partial charge in [0.05, 0.1) is 0 Å². The van der Waals surface area contributed by atoms with Gasteiger partial charge in [-0.05, 0) is 12.8 Å². The van der Waals surface area contributed by atoms with Crippen molar-refractivity contribution in [3.05, 3.63) is 0 Å². The smallest absolute Gasteiger partial charge is 0.550 e. The monoisotopic (exact) mass is 216 g/mol. The van der Waals surface area contributed by atoms with E-state index in [1.807, 2.05) is 0 Å². The van der Waals surface area contributed by atoms with Crippen molar-refractivity contribution in [2.24, 2.45) is 11.8 Å². The first-order valence-corrected chi connectivity index (χ1v) is 4.04. The van der Waals surface area contributed by atoms with Crippen molar-refractivity contribution in [2.45, 2.75) is 25.7 Å². The van der Waals surface area contributed by atoms with Crippen LogP contribution < -0.4 is 69.3 Å². The minimum atomic E-state index is -1.26. The van der Waals surface area contributed by atoms with E-state index in [1.54, 1.807) is 0 Å². The largest absolute Gasteiger partial charge is 1.00 e. The molecule has 0 aliphatic heterocycles. The average Bonchev–Trinajstić information content (AvgIpc) is 2.04. The van der Waals surface area contributed by atoms with Gasteiger partial charge in [-0.1, -0.05) is 12.8 Å². The Kier molecular flexibility index (Phi) is 10.1. The molecule has 0 spiro atoms. The van der Waals surface area contributed by atoms with Gasteiger partial charge >= 0.3 is 59.1 Å². The Hall–Kier alpha value is 0.940. The molecular formula is C8H10Na2O4. The van der Waals surface area contributed by atoms with E-state index in [0.29, 0.717) is 12.8 Å². The molecule has 68 valence electrons. The summed E-state index contributed by atoms with van der Waals surface area (Å²) in [6.07, 6.45) is 2.34. The molecule has 2 atom stereocenters. The van der Waals surface area contributed by atoms with E-state index in [4.69, 9.17) is 0 Å². The maximum absolute atomic E-state index is 10.5. The molecule has 0 aromatic heterocycles. The van der Waals surface area contributed by atoms with E-state index in [2.05, 4.69) is 0 Å². The van der Waals surface area contributed by atoms with E-state index >= 15 is 0 Å². The number of hydrogen-bond acceptors (Lipinski definition) is 4. The Morgan fingerprint density at radius 3 is 1.36 bits per heavy atom. The van der Waals surface area contributed by atoms with Crippen LogP contribution in [0.3, 0.4) is 0 Å². The molecule has 1 saturated carbocycles. The SMILES string of the molecule is O=C([O-])[C@H]1CCCC[C@H]1C(=O)[O-].[Na+].[Na+]. The number of carbonyl (C=O) groups excluding carboxylic acids is 2. The van der Waals surface area contributed by atoms with Crippen molar-refractivity contribution in [1.29, 1.82) is 0 Å². The molecule has 1 aliphatic rings. The summed E-state index contributed by atoms with van der Waals surface area (Å²) in [6.45, 7) is 0. The normalized spacial score (nSPS) is 25.4. The number of carboxylic acid groups (broad SMARTS) is 2. The molecule has 0 unspecified atom stereocenters. The zero-order chi connectivity index (χ0) is 9.14. The summed E-state index contributed by atoms with van der Waals surface area (Å²) in [5.74, 6) is -4.21. The van der Waals surface area contributed by atoms with Crippen LogP contribution >= 0.6 is 0 Å². The number of carboxylic acids is 2. The van der Waals surface area contributed by atoms with Crippen LogP contribution in [0.15, 0.2) is 0 Å². The van der Waals surface area contributed by atoms with Crippen molar-refractivity contribution < 1.29 is 78.9 Å². The second kappa shape index (κ2) is 8.13. The third-order valence-corrected chi connectivity index (χ3v) is 2.37. The van der Waals surface area contributed by atoms with Crippen molar-refractivity contribution in [3.63, 3.8) is 0 Å². The molecule has 0 heterocycles. The standard InChI is InChI=1S/C8H12O4.2Na/c9-7(10)5-3-1-2-4-6(5)8(11)12;;/h5-6H,1-4H2,(H,9,10)(H,11,12);;/q;2*+1/p-2/t5-,6+;;. The predicted molar refractivity (Wildman–Crippen MR) is 35.5 cm³/mol. The molecule has 1 aliphatic carbocycles. The Morgan fingerprint density at radius 1 is 0.857 bits per heavy atom. The summed E-state index contributed by atoms with van der Waals surface area (Å²) < 4.78 is 0. The van der Waals surface area contributed by atoms with Crippen LogP contribution in [-0.2, 0) is 9.59 Å². The quantitative estimate of drug-likeness (QED) is 0.429. The van der Waals surface area contributed by atoms with Gasteiger partial charge < -0.3 is 19.8 Å². The summed E-state index contributed by atoms with van der Waals surface area (Å²) in [5.41, 5.74) is 0.